The summed E-state index contributed by atoms with van der Waals surface area (Å²) < 4.78 is 16.1. The lowest BCUT2D eigenvalue weighted by atomic mass is 10.6. The van der Waals surface area contributed by atoms with Gasteiger partial charge in [0.15, 0.2) is 6.29 Å². The molecule has 0 fully saturated rings. The topological polar surface area (TPSA) is 44.8 Å². The molecule has 2 unspecified atom stereocenters. The van der Waals surface area contributed by atoms with E-state index in [9.17, 15) is 4.79 Å². The van der Waals surface area contributed by atoms with Gasteiger partial charge in [0.2, 0.25) is 0 Å². The molecule has 0 radical (unpaired) electrons. The second-order valence-electron chi connectivity index (χ2n) is 3.25. The first-order valence-corrected chi connectivity index (χ1v) is 7.64. The summed E-state index contributed by atoms with van der Waals surface area (Å²) in [6.07, 6.45) is 0.532. The van der Waals surface area contributed by atoms with Gasteiger partial charge in [-0.1, -0.05) is 13.5 Å². The number of hydrogen-bond donors (Lipinski definition) is 0. The third-order valence-electron chi connectivity index (χ3n) is 1.96. The van der Waals surface area contributed by atoms with Crippen molar-refractivity contribution in [3.63, 3.8) is 0 Å². The predicted molar refractivity (Wildman–Crippen MR) is 60.6 cm³/mol. The number of ether oxygens (including phenoxy) is 1. The third-order valence-corrected chi connectivity index (χ3v) is 4.97. The average molecular weight is 232 g/mol. The van der Waals surface area contributed by atoms with Crippen molar-refractivity contribution in [1.82, 2.24) is 0 Å². The summed E-state index contributed by atoms with van der Waals surface area (Å²) in [6.45, 7) is 11.5. The molecule has 15 heavy (non-hydrogen) atoms. The predicted octanol–water partition coefficient (Wildman–Crippen LogP) is 2.21. The Kier molecular flexibility index (Phi) is 6.47. The molecule has 0 saturated carbocycles. The summed E-state index contributed by atoms with van der Waals surface area (Å²) in [5.74, 6) is -0.480. The molecule has 0 aromatic rings. The summed E-state index contributed by atoms with van der Waals surface area (Å²) in [4.78, 5) is 10.9. The van der Waals surface area contributed by atoms with Gasteiger partial charge < -0.3 is 13.6 Å². The molecule has 0 aliphatic rings. The van der Waals surface area contributed by atoms with Crippen molar-refractivity contribution in [2.24, 2.45) is 0 Å². The van der Waals surface area contributed by atoms with E-state index in [2.05, 4.69) is 6.58 Å². The van der Waals surface area contributed by atoms with Gasteiger partial charge in [0.25, 0.3) is 0 Å². The van der Waals surface area contributed by atoms with Crippen LogP contribution in [0.4, 0.5) is 0 Å². The van der Waals surface area contributed by atoms with E-state index in [0.29, 0.717) is 6.61 Å². The highest BCUT2D eigenvalue weighted by Gasteiger charge is 2.31. The maximum Gasteiger partial charge on any atom is 0.337 e. The molecule has 0 saturated heterocycles. The molecule has 0 aliphatic heterocycles. The van der Waals surface area contributed by atoms with Crippen LogP contribution in [0.5, 0.6) is 0 Å². The summed E-state index contributed by atoms with van der Waals surface area (Å²) in [7, 11) is -2.18. The van der Waals surface area contributed by atoms with Crippen LogP contribution in [-0.2, 0) is 18.4 Å². The molecular formula is C10H20O4Si. The van der Waals surface area contributed by atoms with Crippen LogP contribution in [0.3, 0.4) is 0 Å². The first-order valence-electron chi connectivity index (χ1n) is 5.12. The van der Waals surface area contributed by atoms with Crippen molar-refractivity contribution in [3.8, 4) is 0 Å². The molecule has 0 N–H and O–H groups in total. The van der Waals surface area contributed by atoms with E-state index in [-0.39, 0.29) is 0 Å². The largest absolute Gasteiger partial charge is 0.434 e. The quantitative estimate of drug-likeness (QED) is 0.292. The summed E-state index contributed by atoms with van der Waals surface area (Å²) >= 11 is 0. The zero-order chi connectivity index (χ0) is 11.9. The van der Waals surface area contributed by atoms with Crippen molar-refractivity contribution < 1.29 is 18.4 Å². The van der Waals surface area contributed by atoms with Crippen LogP contribution in [0.25, 0.3) is 0 Å². The van der Waals surface area contributed by atoms with Crippen LogP contribution in [0, 0.1) is 0 Å². The molecule has 2 atom stereocenters. The molecule has 5 heteroatoms. The lowest BCUT2D eigenvalue weighted by Crippen LogP contribution is -2.41. The van der Waals surface area contributed by atoms with Crippen LogP contribution in [-0.4, -0.2) is 27.4 Å². The first kappa shape index (κ1) is 14.3. The van der Waals surface area contributed by atoms with E-state index in [1.54, 1.807) is 6.92 Å². The standard InChI is InChI=1S/C10H20O4Si/c1-6-10(11)13-9(4)14-15(5,8-3)12-7-2/h6,9H,1,7-8H2,2-5H3. The Bertz CT molecular complexity index is 219. The second kappa shape index (κ2) is 6.76. The minimum Gasteiger partial charge on any atom is -0.434 e. The van der Waals surface area contributed by atoms with Gasteiger partial charge in [0.05, 0.1) is 0 Å². The van der Waals surface area contributed by atoms with Crippen molar-refractivity contribution in [2.45, 2.75) is 39.7 Å². The summed E-state index contributed by atoms with van der Waals surface area (Å²) in [6, 6.07) is 0.816. The van der Waals surface area contributed by atoms with E-state index < -0.39 is 20.8 Å². The Morgan fingerprint density at radius 3 is 2.53 bits per heavy atom. The zero-order valence-electron chi connectivity index (χ0n) is 9.91. The fraction of sp³-hybridized carbons (Fsp3) is 0.700. The molecule has 4 nitrogen and oxygen atoms in total. The molecular weight excluding hydrogens is 212 g/mol. The molecule has 0 amide bonds. The Hall–Kier alpha value is -0.653. The van der Waals surface area contributed by atoms with Gasteiger partial charge in [-0.05, 0) is 26.4 Å². The molecule has 0 bridgehead atoms. The average Bonchev–Trinajstić information content (AvgIpc) is 2.17. The molecule has 0 aromatic heterocycles. The van der Waals surface area contributed by atoms with E-state index in [0.717, 1.165) is 12.1 Å². The van der Waals surface area contributed by atoms with Gasteiger partial charge in [-0.2, -0.15) is 0 Å². The van der Waals surface area contributed by atoms with E-state index in [1.165, 1.54) is 0 Å². The second-order valence-corrected chi connectivity index (χ2v) is 6.75. The van der Waals surface area contributed by atoms with Gasteiger partial charge in [-0.15, -0.1) is 0 Å². The lowest BCUT2D eigenvalue weighted by molar-refractivity contribution is -0.157. The van der Waals surface area contributed by atoms with Gasteiger partial charge in [-0.3, -0.25) is 0 Å². The van der Waals surface area contributed by atoms with Crippen LogP contribution in [0.2, 0.25) is 12.6 Å². The Morgan fingerprint density at radius 1 is 1.53 bits per heavy atom. The number of carbonyl (C=O) groups excluding carboxylic acids is 1. The Morgan fingerprint density at radius 2 is 2.13 bits per heavy atom. The van der Waals surface area contributed by atoms with Gasteiger partial charge in [0, 0.05) is 12.7 Å². The number of rotatable bonds is 7. The Labute approximate surface area is 92.5 Å². The Balaban J connectivity index is 4.16. The molecule has 0 aliphatic carbocycles. The SMILES string of the molecule is C=CC(=O)OC(C)O[Si](C)(CC)OCC. The smallest absolute Gasteiger partial charge is 0.337 e. The lowest BCUT2D eigenvalue weighted by Gasteiger charge is -2.28. The zero-order valence-corrected chi connectivity index (χ0v) is 10.9. The monoisotopic (exact) mass is 232 g/mol. The van der Waals surface area contributed by atoms with Crippen molar-refractivity contribution in [3.05, 3.63) is 12.7 Å². The van der Waals surface area contributed by atoms with E-state index in [4.69, 9.17) is 13.6 Å². The highest BCUT2D eigenvalue weighted by Crippen LogP contribution is 2.15. The van der Waals surface area contributed by atoms with Crippen LogP contribution in [0.1, 0.15) is 20.8 Å². The molecule has 0 rings (SSSR count). The van der Waals surface area contributed by atoms with E-state index >= 15 is 0 Å². The van der Waals surface area contributed by atoms with Crippen LogP contribution < -0.4 is 0 Å². The third kappa shape index (κ3) is 5.71. The first-order chi connectivity index (χ1) is 6.97. The maximum atomic E-state index is 10.9. The molecule has 0 spiro atoms. The normalized spacial score (nSPS) is 16.5. The van der Waals surface area contributed by atoms with Crippen LogP contribution in [0.15, 0.2) is 12.7 Å². The van der Waals surface area contributed by atoms with Crippen molar-refractivity contribution >= 4 is 14.5 Å². The van der Waals surface area contributed by atoms with Crippen LogP contribution >= 0.6 is 0 Å². The van der Waals surface area contributed by atoms with Gasteiger partial charge in [-0.25, -0.2) is 4.79 Å². The highest BCUT2D eigenvalue weighted by molar-refractivity contribution is 6.65. The van der Waals surface area contributed by atoms with Crippen molar-refractivity contribution in [1.29, 1.82) is 0 Å². The number of esters is 1. The fourth-order valence-corrected chi connectivity index (χ4v) is 2.91. The van der Waals surface area contributed by atoms with Gasteiger partial charge in [0.1, 0.15) is 0 Å². The fourth-order valence-electron chi connectivity index (χ4n) is 1.11. The minimum atomic E-state index is -2.18. The summed E-state index contributed by atoms with van der Waals surface area (Å²) in [5.41, 5.74) is 0. The number of hydrogen-bond acceptors (Lipinski definition) is 4. The maximum absolute atomic E-state index is 10.9. The molecule has 0 heterocycles. The van der Waals surface area contributed by atoms with Crippen molar-refractivity contribution in [2.75, 3.05) is 6.61 Å². The summed E-state index contributed by atoms with van der Waals surface area (Å²) in [5, 5.41) is 0. The molecule has 0 aromatic carbocycles. The highest BCUT2D eigenvalue weighted by atomic mass is 28.4. The number of carbonyl (C=O) groups is 1. The van der Waals surface area contributed by atoms with E-state index in [1.807, 2.05) is 20.4 Å². The van der Waals surface area contributed by atoms with Gasteiger partial charge >= 0.3 is 14.5 Å². The minimum absolute atomic E-state index is 0.480. The molecule has 88 valence electrons.